The lowest BCUT2D eigenvalue weighted by Gasteiger charge is -1.94. The Morgan fingerprint density at radius 1 is 1.27 bits per heavy atom. The minimum atomic E-state index is 0.0896. The van der Waals surface area contributed by atoms with Crippen molar-refractivity contribution >= 4 is 15.9 Å². The van der Waals surface area contributed by atoms with Gasteiger partial charge in [-0.25, -0.2) is 4.98 Å². The van der Waals surface area contributed by atoms with Crippen molar-refractivity contribution in [2.24, 2.45) is 0 Å². The average molecular weight is 268 g/mol. The molecule has 0 amide bonds. The molecular formula is C11H10BrNO2. The van der Waals surface area contributed by atoms with E-state index in [1.54, 1.807) is 6.26 Å². The van der Waals surface area contributed by atoms with Crippen LogP contribution in [0.4, 0.5) is 0 Å². The summed E-state index contributed by atoms with van der Waals surface area (Å²) in [6.45, 7) is 0.0896. The first-order chi connectivity index (χ1) is 7.29. The number of aromatic nitrogens is 1. The first-order valence-electron chi connectivity index (χ1n) is 4.61. The first-order valence-corrected chi connectivity index (χ1v) is 5.40. The van der Waals surface area contributed by atoms with Gasteiger partial charge >= 0.3 is 0 Å². The number of nitrogens with zero attached hydrogens (tertiary/aromatic N) is 1. The summed E-state index contributed by atoms with van der Waals surface area (Å²) in [5, 5.41) is 8.75. The van der Waals surface area contributed by atoms with Crippen LogP contribution in [0.1, 0.15) is 5.69 Å². The zero-order chi connectivity index (χ0) is 10.7. The van der Waals surface area contributed by atoms with E-state index < -0.39 is 0 Å². The maximum Gasteiger partial charge on any atom is 0.226 e. The van der Waals surface area contributed by atoms with Crippen LogP contribution in [0, 0.1) is 0 Å². The number of hydrogen-bond acceptors (Lipinski definition) is 3. The fourth-order valence-electron chi connectivity index (χ4n) is 1.26. The van der Waals surface area contributed by atoms with E-state index in [1.165, 1.54) is 0 Å². The Morgan fingerprint density at radius 3 is 2.67 bits per heavy atom. The number of benzene rings is 1. The topological polar surface area (TPSA) is 46.3 Å². The molecule has 0 aliphatic heterocycles. The molecule has 0 fully saturated rings. The van der Waals surface area contributed by atoms with Gasteiger partial charge in [0.1, 0.15) is 6.26 Å². The summed E-state index contributed by atoms with van der Waals surface area (Å²) >= 11 is 3.36. The van der Waals surface area contributed by atoms with Crippen LogP contribution in [0.5, 0.6) is 0 Å². The van der Waals surface area contributed by atoms with Gasteiger partial charge in [-0.2, -0.15) is 0 Å². The largest absolute Gasteiger partial charge is 0.444 e. The van der Waals surface area contributed by atoms with Gasteiger partial charge in [-0.15, -0.1) is 0 Å². The monoisotopic (exact) mass is 267 g/mol. The van der Waals surface area contributed by atoms with Crippen molar-refractivity contribution in [1.29, 1.82) is 0 Å². The van der Waals surface area contributed by atoms with Gasteiger partial charge in [-0.3, -0.25) is 0 Å². The SMILES string of the molecule is OCCc1coc(-c2ccc(Br)cc2)n1. The molecule has 1 aromatic heterocycles. The smallest absolute Gasteiger partial charge is 0.226 e. The van der Waals surface area contributed by atoms with Gasteiger partial charge in [0.25, 0.3) is 0 Å². The van der Waals surface area contributed by atoms with Crippen LogP contribution in [-0.2, 0) is 6.42 Å². The zero-order valence-electron chi connectivity index (χ0n) is 7.98. The number of aliphatic hydroxyl groups is 1. The third-order valence-electron chi connectivity index (χ3n) is 2.01. The highest BCUT2D eigenvalue weighted by Crippen LogP contribution is 2.21. The van der Waals surface area contributed by atoms with Crippen LogP contribution >= 0.6 is 15.9 Å². The molecule has 0 aliphatic rings. The third kappa shape index (κ3) is 2.46. The molecule has 78 valence electrons. The number of oxazole rings is 1. The molecule has 0 unspecified atom stereocenters. The fraction of sp³-hybridized carbons (Fsp3) is 0.182. The Hall–Kier alpha value is -1.13. The molecule has 2 rings (SSSR count). The van der Waals surface area contributed by atoms with Crippen LogP contribution in [-0.4, -0.2) is 16.7 Å². The molecule has 1 heterocycles. The Labute approximate surface area is 95.9 Å². The Balaban J connectivity index is 2.25. The number of aliphatic hydroxyl groups excluding tert-OH is 1. The standard InChI is InChI=1S/C11H10BrNO2/c12-9-3-1-8(2-4-9)11-13-10(5-6-14)7-15-11/h1-4,7,14H,5-6H2. The van der Waals surface area contributed by atoms with Crippen molar-refractivity contribution < 1.29 is 9.52 Å². The highest BCUT2D eigenvalue weighted by atomic mass is 79.9. The van der Waals surface area contributed by atoms with E-state index >= 15 is 0 Å². The van der Waals surface area contributed by atoms with Crippen LogP contribution < -0.4 is 0 Å². The summed E-state index contributed by atoms with van der Waals surface area (Å²) in [4.78, 5) is 4.26. The summed E-state index contributed by atoms with van der Waals surface area (Å²) < 4.78 is 6.33. The Bertz CT molecular complexity index is 436. The second kappa shape index (κ2) is 4.59. The highest BCUT2D eigenvalue weighted by Gasteiger charge is 2.05. The van der Waals surface area contributed by atoms with Gasteiger partial charge in [0.05, 0.1) is 5.69 Å². The maximum absolute atomic E-state index is 8.75. The molecule has 4 heteroatoms. The molecule has 0 radical (unpaired) electrons. The summed E-state index contributed by atoms with van der Waals surface area (Å²) in [7, 11) is 0. The van der Waals surface area contributed by atoms with Crippen molar-refractivity contribution in [2.75, 3.05) is 6.61 Å². The van der Waals surface area contributed by atoms with Gasteiger partial charge < -0.3 is 9.52 Å². The van der Waals surface area contributed by atoms with Crippen LogP contribution in [0.3, 0.4) is 0 Å². The molecule has 1 N–H and O–H groups in total. The molecule has 3 nitrogen and oxygen atoms in total. The lowest BCUT2D eigenvalue weighted by Crippen LogP contribution is -1.90. The highest BCUT2D eigenvalue weighted by molar-refractivity contribution is 9.10. The predicted octanol–water partition coefficient (Wildman–Crippen LogP) is 2.64. The third-order valence-corrected chi connectivity index (χ3v) is 2.54. The summed E-state index contributed by atoms with van der Waals surface area (Å²) in [6, 6.07) is 7.73. The van der Waals surface area contributed by atoms with Gasteiger partial charge in [-0.1, -0.05) is 15.9 Å². The molecule has 0 atom stereocenters. The molecule has 1 aromatic carbocycles. The van der Waals surface area contributed by atoms with Crippen LogP contribution in [0.25, 0.3) is 11.5 Å². The zero-order valence-corrected chi connectivity index (χ0v) is 9.57. The van der Waals surface area contributed by atoms with Crippen LogP contribution in [0.2, 0.25) is 0 Å². The van der Waals surface area contributed by atoms with E-state index in [9.17, 15) is 0 Å². The molecule has 0 spiro atoms. The van der Waals surface area contributed by atoms with E-state index in [-0.39, 0.29) is 6.61 Å². The van der Waals surface area contributed by atoms with E-state index in [2.05, 4.69) is 20.9 Å². The van der Waals surface area contributed by atoms with Crippen molar-refractivity contribution in [3.8, 4) is 11.5 Å². The Kier molecular flexibility index (Phi) is 3.18. The van der Waals surface area contributed by atoms with Gasteiger partial charge in [0, 0.05) is 23.1 Å². The van der Waals surface area contributed by atoms with E-state index in [4.69, 9.17) is 9.52 Å². The van der Waals surface area contributed by atoms with Gasteiger partial charge in [0.2, 0.25) is 5.89 Å². The van der Waals surface area contributed by atoms with Crippen molar-refractivity contribution in [3.05, 3.63) is 40.7 Å². The molecule has 0 aliphatic carbocycles. The molecule has 15 heavy (non-hydrogen) atoms. The van der Waals surface area contributed by atoms with E-state index in [0.717, 1.165) is 15.7 Å². The summed E-state index contributed by atoms with van der Waals surface area (Å²) in [6.07, 6.45) is 2.10. The minimum Gasteiger partial charge on any atom is -0.444 e. The number of halogens is 1. The minimum absolute atomic E-state index is 0.0896. The van der Waals surface area contributed by atoms with Gasteiger partial charge in [0.15, 0.2) is 0 Å². The second-order valence-corrected chi connectivity index (χ2v) is 4.04. The van der Waals surface area contributed by atoms with E-state index in [0.29, 0.717) is 12.3 Å². The van der Waals surface area contributed by atoms with Crippen LogP contribution in [0.15, 0.2) is 39.4 Å². The lowest BCUT2D eigenvalue weighted by atomic mass is 10.2. The lowest BCUT2D eigenvalue weighted by molar-refractivity contribution is 0.298. The molecule has 2 aromatic rings. The maximum atomic E-state index is 8.75. The normalized spacial score (nSPS) is 10.5. The van der Waals surface area contributed by atoms with Gasteiger partial charge in [-0.05, 0) is 24.3 Å². The number of rotatable bonds is 3. The summed E-state index contributed by atoms with van der Waals surface area (Å²) in [5.41, 5.74) is 1.71. The van der Waals surface area contributed by atoms with Crippen molar-refractivity contribution in [1.82, 2.24) is 4.98 Å². The number of hydrogen-bond donors (Lipinski definition) is 1. The second-order valence-electron chi connectivity index (χ2n) is 3.12. The fourth-order valence-corrected chi connectivity index (χ4v) is 1.53. The van der Waals surface area contributed by atoms with E-state index in [1.807, 2.05) is 24.3 Å². The quantitative estimate of drug-likeness (QED) is 0.930. The van der Waals surface area contributed by atoms with Crippen molar-refractivity contribution in [2.45, 2.75) is 6.42 Å². The molecule has 0 saturated heterocycles. The molecular weight excluding hydrogens is 258 g/mol. The van der Waals surface area contributed by atoms with Crippen molar-refractivity contribution in [3.63, 3.8) is 0 Å². The average Bonchev–Trinajstić information content (AvgIpc) is 2.68. The summed E-state index contributed by atoms with van der Waals surface area (Å²) in [5.74, 6) is 0.589. The Morgan fingerprint density at radius 2 is 2.00 bits per heavy atom. The molecule has 0 saturated carbocycles. The predicted molar refractivity (Wildman–Crippen MR) is 60.4 cm³/mol. The molecule has 0 bridgehead atoms. The first kappa shape index (κ1) is 10.4.